The first-order valence-electron chi connectivity index (χ1n) is 8.83. The van der Waals surface area contributed by atoms with Crippen molar-refractivity contribution in [2.75, 3.05) is 46.1 Å². The molecule has 126 valence electrons. The molecule has 0 spiro atoms. The van der Waals surface area contributed by atoms with Crippen molar-refractivity contribution in [1.29, 1.82) is 0 Å². The first kappa shape index (κ1) is 18.9. The summed E-state index contributed by atoms with van der Waals surface area (Å²) >= 11 is 0. The maximum atomic E-state index is 6.24. The Kier molecular flexibility index (Phi) is 9.49. The fraction of sp³-hybridized carbons (Fsp3) is 1.00. The van der Waals surface area contributed by atoms with Crippen molar-refractivity contribution in [2.24, 2.45) is 11.7 Å². The van der Waals surface area contributed by atoms with Gasteiger partial charge in [0.1, 0.15) is 0 Å². The molecule has 2 N–H and O–H groups in total. The van der Waals surface area contributed by atoms with Gasteiger partial charge in [-0.1, -0.05) is 26.2 Å². The van der Waals surface area contributed by atoms with Gasteiger partial charge in [-0.15, -0.1) is 0 Å². The van der Waals surface area contributed by atoms with E-state index in [1.165, 1.54) is 32.1 Å². The van der Waals surface area contributed by atoms with Crippen LogP contribution in [0.2, 0.25) is 0 Å². The summed E-state index contributed by atoms with van der Waals surface area (Å²) in [5, 5.41) is 0. The monoisotopic (exact) mass is 300 g/mol. The van der Waals surface area contributed by atoms with Crippen LogP contribution in [0.4, 0.5) is 0 Å². The fourth-order valence-electron chi connectivity index (χ4n) is 3.64. The van der Waals surface area contributed by atoms with Gasteiger partial charge in [-0.3, -0.25) is 4.90 Å². The first-order valence-corrected chi connectivity index (χ1v) is 8.83. The molecule has 1 aliphatic rings. The molecule has 0 aromatic rings. The fourth-order valence-corrected chi connectivity index (χ4v) is 3.64. The van der Waals surface area contributed by atoms with E-state index in [0.717, 1.165) is 52.0 Å². The van der Waals surface area contributed by atoms with Crippen LogP contribution >= 0.6 is 0 Å². The summed E-state index contributed by atoms with van der Waals surface area (Å²) in [6, 6.07) is 0. The SMILES string of the molecule is CCOCCN(CCOCC)C1(CN)CCCC(CC)C1. The summed E-state index contributed by atoms with van der Waals surface area (Å²) in [5.74, 6) is 0.823. The van der Waals surface area contributed by atoms with E-state index >= 15 is 0 Å². The maximum Gasteiger partial charge on any atom is 0.0593 e. The molecule has 4 nitrogen and oxygen atoms in total. The molecule has 0 amide bonds. The zero-order valence-corrected chi connectivity index (χ0v) is 14.4. The lowest BCUT2D eigenvalue weighted by molar-refractivity contribution is -0.00755. The van der Waals surface area contributed by atoms with Gasteiger partial charge in [-0.2, -0.15) is 0 Å². The average molecular weight is 300 g/mol. The Balaban J connectivity index is 2.69. The van der Waals surface area contributed by atoms with E-state index in [1.54, 1.807) is 0 Å². The second-order valence-electron chi connectivity index (χ2n) is 6.18. The molecule has 0 heterocycles. The number of nitrogens with two attached hydrogens (primary N) is 1. The van der Waals surface area contributed by atoms with Gasteiger partial charge in [0.15, 0.2) is 0 Å². The highest BCUT2D eigenvalue weighted by atomic mass is 16.5. The highest BCUT2D eigenvalue weighted by Gasteiger charge is 2.39. The summed E-state index contributed by atoms with van der Waals surface area (Å²) in [6.45, 7) is 12.3. The lowest BCUT2D eigenvalue weighted by atomic mass is 9.73. The van der Waals surface area contributed by atoms with Crippen molar-refractivity contribution in [3.05, 3.63) is 0 Å². The second kappa shape index (κ2) is 10.5. The predicted octanol–water partition coefficient (Wildman–Crippen LogP) is 2.66. The smallest absolute Gasteiger partial charge is 0.0593 e. The molecule has 0 aromatic carbocycles. The second-order valence-corrected chi connectivity index (χ2v) is 6.18. The summed E-state index contributed by atoms with van der Waals surface area (Å²) in [5.41, 5.74) is 6.40. The third kappa shape index (κ3) is 5.85. The van der Waals surface area contributed by atoms with Gasteiger partial charge in [0.25, 0.3) is 0 Å². The van der Waals surface area contributed by atoms with E-state index in [4.69, 9.17) is 15.2 Å². The van der Waals surface area contributed by atoms with Crippen molar-refractivity contribution in [1.82, 2.24) is 4.90 Å². The molecular weight excluding hydrogens is 264 g/mol. The van der Waals surface area contributed by atoms with Crippen LogP contribution in [0.15, 0.2) is 0 Å². The number of hydrogen-bond acceptors (Lipinski definition) is 4. The largest absolute Gasteiger partial charge is 0.380 e. The van der Waals surface area contributed by atoms with E-state index in [-0.39, 0.29) is 5.54 Å². The predicted molar refractivity (Wildman–Crippen MR) is 88.6 cm³/mol. The molecule has 21 heavy (non-hydrogen) atoms. The highest BCUT2D eigenvalue weighted by molar-refractivity contribution is 4.96. The van der Waals surface area contributed by atoms with Crippen LogP contribution in [0.25, 0.3) is 0 Å². The normalized spacial score (nSPS) is 26.4. The van der Waals surface area contributed by atoms with Crippen molar-refractivity contribution >= 4 is 0 Å². The molecule has 4 heteroatoms. The molecule has 1 rings (SSSR count). The van der Waals surface area contributed by atoms with E-state index in [9.17, 15) is 0 Å². The molecular formula is C17H36N2O2. The minimum Gasteiger partial charge on any atom is -0.380 e. The van der Waals surface area contributed by atoms with Crippen LogP contribution in [0.5, 0.6) is 0 Å². The lowest BCUT2D eigenvalue weighted by Gasteiger charge is -2.48. The Hall–Kier alpha value is -0.160. The van der Waals surface area contributed by atoms with Gasteiger partial charge in [0, 0.05) is 38.4 Å². The van der Waals surface area contributed by atoms with Gasteiger partial charge < -0.3 is 15.2 Å². The first-order chi connectivity index (χ1) is 10.2. The quantitative estimate of drug-likeness (QED) is 0.596. The summed E-state index contributed by atoms with van der Waals surface area (Å²) < 4.78 is 11.2. The van der Waals surface area contributed by atoms with Crippen LogP contribution in [0, 0.1) is 5.92 Å². The molecule has 1 aliphatic carbocycles. The van der Waals surface area contributed by atoms with E-state index in [0.29, 0.717) is 0 Å². The highest BCUT2D eigenvalue weighted by Crippen LogP contribution is 2.37. The molecule has 0 radical (unpaired) electrons. The van der Waals surface area contributed by atoms with Crippen LogP contribution in [-0.4, -0.2) is 56.5 Å². The molecule has 2 atom stereocenters. The Morgan fingerprint density at radius 2 is 1.71 bits per heavy atom. The van der Waals surface area contributed by atoms with E-state index in [2.05, 4.69) is 25.7 Å². The zero-order chi connectivity index (χ0) is 15.6. The Labute approximate surface area is 131 Å². The van der Waals surface area contributed by atoms with Gasteiger partial charge in [-0.25, -0.2) is 0 Å². The average Bonchev–Trinajstić information content (AvgIpc) is 2.53. The molecule has 0 aliphatic heterocycles. The summed E-state index contributed by atoms with van der Waals surface area (Å²) in [6.07, 6.45) is 6.39. The zero-order valence-electron chi connectivity index (χ0n) is 14.4. The molecule has 0 bridgehead atoms. The Morgan fingerprint density at radius 1 is 1.10 bits per heavy atom. The van der Waals surface area contributed by atoms with Crippen molar-refractivity contribution < 1.29 is 9.47 Å². The molecule has 2 unspecified atom stereocenters. The topological polar surface area (TPSA) is 47.7 Å². The Bertz CT molecular complexity index is 253. The molecule has 1 saturated carbocycles. The van der Waals surface area contributed by atoms with Crippen LogP contribution in [-0.2, 0) is 9.47 Å². The van der Waals surface area contributed by atoms with Gasteiger partial charge in [-0.05, 0) is 32.6 Å². The maximum absolute atomic E-state index is 6.24. The third-order valence-corrected chi connectivity index (χ3v) is 4.97. The summed E-state index contributed by atoms with van der Waals surface area (Å²) in [4.78, 5) is 2.56. The van der Waals surface area contributed by atoms with E-state index < -0.39 is 0 Å². The van der Waals surface area contributed by atoms with Crippen LogP contribution in [0.3, 0.4) is 0 Å². The van der Waals surface area contributed by atoms with Crippen molar-refractivity contribution in [3.63, 3.8) is 0 Å². The molecule has 0 aromatic heterocycles. The molecule has 1 fully saturated rings. The standard InChI is InChI=1S/C17H36N2O2/c1-4-16-8-7-9-17(14-16,15-18)19(10-12-20-5-2)11-13-21-6-3/h16H,4-15,18H2,1-3H3. The van der Waals surface area contributed by atoms with Gasteiger partial charge in [0.2, 0.25) is 0 Å². The van der Waals surface area contributed by atoms with Crippen molar-refractivity contribution in [3.8, 4) is 0 Å². The Morgan fingerprint density at radius 3 is 2.19 bits per heavy atom. The van der Waals surface area contributed by atoms with Crippen LogP contribution < -0.4 is 5.73 Å². The van der Waals surface area contributed by atoms with Gasteiger partial charge >= 0.3 is 0 Å². The van der Waals surface area contributed by atoms with E-state index in [1.807, 2.05) is 0 Å². The lowest BCUT2D eigenvalue weighted by Crippen LogP contribution is -2.58. The number of nitrogens with zero attached hydrogens (tertiary/aromatic N) is 1. The molecule has 0 saturated heterocycles. The minimum absolute atomic E-state index is 0.160. The number of rotatable bonds is 11. The third-order valence-electron chi connectivity index (χ3n) is 4.97. The van der Waals surface area contributed by atoms with Crippen molar-refractivity contribution in [2.45, 2.75) is 58.4 Å². The van der Waals surface area contributed by atoms with Crippen LogP contribution in [0.1, 0.15) is 52.9 Å². The van der Waals surface area contributed by atoms with Gasteiger partial charge in [0.05, 0.1) is 13.2 Å². The summed E-state index contributed by atoms with van der Waals surface area (Å²) in [7, 11) is 0. The number of hydrogen-bond donors (Lipinski definition) is 1. The number of ether oxygens (including phenoxy) is 2. The minimum atomic E-state index is 0.160.